The van der Waals surface area contributed by atoms with Gasteiger partial charge in [0, 0.05) is 10.5 Å². The topological polar surface area (TPSA) is 12.0 Å². The van der Waals surface area contributed by atoms with E-state index in [4.69, 9.17) is 23.2 Å². The zero-order chi connectivity index (χ0) is 14.7. The van der Waals surface area contributed by atoms with E-state index in [-0.39, 0.29) is 5.41 Å². The summed E-state index contributed by atoms with van der Waals surface area (Å²) in [5.74, 6) is 0.804. The average Bonchev–Trinajstić information content (AvgIpc) is 2.77. The molecule has 1 nitrogen and oxygen atoms in total. The summed E-state index contributed by atoms with van der Waals surface area (Å²) in [7, 11) is 0. The number of rotatable bonds is 2. The third-order valence-electron chi connectivity index (χ3n) is 5.57. The molecule has 1 aromatic carbocycles. The number of benzene rings is 1. The summed E-state index contributed by atoms with van der Waals surface area (Å²) in [6.07, 6.45) is 3.96. The molecular weight excluding hydrogens is 357 g/mol. The highest BCUT2D eigenvalue weighted by atomic mass is 79.9. The van der Waals surface area contributed by atoms with Gasteiger partial charge in [-0.2, -0.15) is 0 Å². The zero-order valence-electron chi connectivity index (χ0n) is 12.1. The summed E-state index contributed by atoms with van der Waals surface area (Å²) >= 11 is 16.2. The highest BCUT2D eigenvalue weighted by Crippen LogP contribution is 2.63. The molecule has 0 heterocycles. The number of fused-ring (bicyclic) bond motifs is 2. The van der Waals surface area contributed by atoms with Gasteiger partial charge in [0.15, 0.2) is 0 Å². The minimum Gasteiger partial charge on any atom is -0.379 e. The summed E-state index contributed by atoms with van der Waals surface area (Å²) < 4.78 is 0.913. The number of nitrogens with one attached hydrogen (secondary N) is 1. The molecule has 1 aromatic rings. The second-order valence-electron chi connectivity index (χ2n) is 7.24. The van der Waals surface area contributed by atoms with E-state index >= 15 is 0 Å². The predicted octanol–water partition coefficient (Wildman–Crippen LogP) is 6.38. The van der Waals surface area contributed by atoms with Gasteiger partial charge < -0.3 is 5.32 Å². The van der Waals surface area contributed by atoms with Gasteiger partial charge in [0.2, 0.25) is 0 Å². The first-order chi connectivity index (χ1) is 9.24. The maximum atomic E-state index is 6.38. The molecule has 20 heavy (non-hydrogen) atoms. The van der Waals surface area contributed by atoms with E-state index in [1.54, 1.807) is 0 Å². The van der Waals surface area contributed by atoms with Crippen molar-refractivity contribution in [2.45, 2.75) is 46.1 Å². The molecule has 0 aromatic heterocycles. The summed E-state index contributed by atoms with van der Waals surface area (Å²) in [6.45, 7) is 7.15. The monoisotopic (exact) mass is 375 g/mol. The van der Waals surface area contributed by atoms with E-state index in [9.17, 15) is 0 Å². The van der Waals surface area contributed by atoms with Crippen molar-refractivity contribution in [1.29, 1.82) is 0 Å². The van der Waals surface area contributed by atoms with Gasteiger partial charge in [-0.25, -0.2) is 0 Å². The van der Waals surface area contributed by atoms with Gasteiger partial charge in [-0.15, -0.1) is 0 Å². The molecule has 2 aliphatic carbocycles. The molecule has 0 radical (unpaired) electrons. The predicted molar refractivity (Wildman–Crippen MR) is 90.8 cm³/mol. The average molecular weight is 377 g/mol. The van der Waals surface area contributed by atoms with Crippen molar-refractivity contribution in [3.05, 3.63) is 26.7 Å². The van der Waals surface area contributed by atoms with Crippen molar-refractivity contribution in [3.8, 4) is 0 Å². The lowest BCUT2D eigenvalue weighted by atomic mass is 9.68. The second kappa shape index (κ2) is 4.79. The van der Waals surface area contributed by atoms with E-state index in [2.05, 4.69) is 42.0 Å². The fraction of sp³-hybridized carbons (Fsp3) is 0.625. The van der Waals surface area contributed by atoms with Crippen LogP contribution >= 0.6 is 39.1 Å². The zero-order valence-corrected chi connectivity index (χ0v) is 15.2. The first kappa shape index (κ1) is 15.0. The van der Waals surface area contributed by atoms with E-state index < -0.39 is 0 Å². The van der Waals surface area contributed by atoms with Crippen LogP contribution < -0.4 is 5.32 Å². The Morgan fingerprint density at radius 2 is 1.80 bits per heavy atom. The first-order valence-electron chi connectivity index (χ1n) is 7.15. The quantitative estimate of drug-likeness (QED) is 0.631. The van der Waals surface area contributed by atoms with Crippen LogP contribution in [-0.2, 0) is 0 Å². The Morgan fingerprint density at radius 3 is 2.30 bits per heavy atom. The molecule has 3 atom stereocenters. The number of hydrogen-bond acceptors (Lipinski definition) is 1. The fourth-order valence-corrected chi connectivity index (χ4v) is 5.80. The lowest BCUT2D eigenvalue weighted by Crippen LogP contribution is -2.45. The van der Waals surface area contributed by atoms with Gasteiger partial charge in [0.25, 0.3) is 0 Å². The molecule has 2 saturated carbocycles. The van der Waals surface area contributed by atoms with Crippen LogP contribution in [0.4, 0.5) is 5.69 Å². The van der Waals surface area contributed by atoms with Crippen molar-refractivity contribution in [2.75, 3.05) is 5.32 Å². The lowest BCUT2D eigenvalue weighted by molar-refractivity contribution is 0.155. The number of halogens is 3. The number of anilines is 1. The van der Waals surface area contributed by atoms with E-state index in [1.165, 1.54) is 19.3 Å². The molecule has 2 fully saturated rings. The largest absolute Gasteiger partial charge is 0.379 e. The molecule has 110 valence electrons. The maximum absolute atomic E-state index is 6.38. The van der Waals surface area contributed by atoms with E-state index in [1.807, 2.05) is 12.1 Å². The van der Waals surface area contributed by atoms with Crippen LogP contribution in [0.2, 0.25) is 10.0 Å². The van der Waals surface area contributed by atoms with Crippen LogP contribution in [0.5, 0.6) is 0 Å². The van der Waals surface area contributed by atoms with Crippen LogP contribution in [-0.4, -0.2) is 6.04 Å². The summed E-state index contributed by atoms with van der Waals surface area (Å²) in [4.78, 5) is 0. The third kappa shape index (κ3) is 2.19. The fourth-order valence-electron chi connectivity index (χ4n) is 4.49. The molecule has 4 heteroatoms. The molecule has 0 aliphatic heterocycles. The lowest BCUT2D eigenvalue weighted by Gasteiger charge is -2.44. The highest BCUT2D eigenvalue weighted by Gasteiger charge is 2.59. The maximum Gasteiger partial charge on any atom is 0.0722 e. The number of hydrogen-bond donors (Lipinski definition) is 1. The Hall–Kier alpha value is 0.0800. The van der Waals surface area contributed by atoms with Gasteiger partial charge >= 0.3 is 0 Å². The van der Waals surface area contributed by atoms with Crippen molar-refractivity contribution in [2.24, 2.45) is 16.7 Å². The van der Waals surface area contributed by atoms with E-state index in [0.717, 1.165) is 16.1 Å². The van der Waals surface area contributed by atoms with Crippen LogP contribution in [0.3, 0.4) is 0 Å². The molecule has 3 unspecified atom stereocenters. The minimum atomic E-state index is 0.284. The highest BCUT2D eigenvalue weighted by molar-refractivity contribution is 9.10. The SMILES string of the molecule is CC12CCC(C1)C(C)(C)C2Nc1c(Cl)cc(Br)cc1Cl. The molecule has 0 spiro atoms. The van der Waals surface area contributed by atoms with Gasteiger partial charge in [-0.3, -0.25) is 0 Å². The molecule has 0 saturated heterocycles. The summed E-state index contributed by atoms with van der Waals surface area (Å²) in [6, 6.07) is 4.22. The van der Waals surface area contributed by atoms with Crippen molar-refractivity contribution in [3.63, 3.8) is 0 Å². The Kier molecular flexibility index (Phi) is 3.59. The summed E-state index contributed by atoms with van der Waals surface area (Å²) in [5, 5.41) is 5.06. The van der Waals surface area contributed by atoms with Gasteiger partial charge in [0.1, 0.15) is 0 Å². The minimum absolute atomic E-state index is 0.284. The Morgan fingerprint density at radius 1 is 1.20 bits per heavy atom. The van der Waals surface area contributed by atoms with Crippen LogP contribution in [0, 0.1) is 16.7 Å². The first-order valence-corrected chi connectivity index (χ1v) is 8.70. The van der Waals surface area contributed by atoms with Gasteiger partial charge in [0.05, 0.1) is 15.7 Å². The third-order valence-corrected chi connectivity index (χ3v) is 6.62. The molecular formula is C16H20BrCl2N. The smallest absolute Gasteiger partial charge is 0.0722 e. The van der Waals surface area contributed by atoms with Crippen LogP contribution in [0.25, 0.3) is 0 Å². The Labute approximate surface area is 139 Å². The van der Waals surface area contributed by atoms with Gasteiger partial charge in [-0.05, 0) is 48.1 Å². The standard InChI is InChI=1S/C16H20BrCl2N/c1-15(2)9-4-5-16(3,8-9)14(15)20-13-11(18)6-10(17)7-12(13)19/h6-7,9,14,20H,4-5,8H2,1-3H3. The Balaban J connectivity index is 1.96. The Bertz CT molecular complexity index is 530. The molecule has 2 aliphatic rings. The van der Waals surface area contributed by atoms with Crippen molar-refractivity contribution < 1.29 is 0 Å². The van der Waals surface area contributed by atoms with Crippen LogP contribution in [0.1, 0.15) is 40.0 Å². The second-order valence-corrected chi connectivity index (χ2v) is 8.97. The molecule has 2 bridgehead atoms. The van der Waals surface area contributed by atoms with Crippen molar-refractivity contribution in [1.82, 2.24) is 0 Å². The molecule has 3 rings (SSSR count). The normalized spacial score (nSPS) is 34.5. The summed E-state index contributed by atoms with van der Waals surface area (Å²) in [5.41, 5.74) is 1.52. The van der Waals surface area contributed by atoms with Crippen molar-refractivity contribution >= 4 is 44.8 Å². The molecule has 0 amide bonds. The van der Waals surface area contributed by atoms with Crippen LogP contribution in [0.15, 0.2) is 16.6 Å². The van der Waals surface area contributed by atoms with E-state index in [0.29, 0.717) is 21.5 Å². The van der Waals surface area contributed by atoms with Gasteiger partial charge in [-0.1, -0.05) is 59.9 Å². The molecule has 1 N–H and O–H groups in total.